The summed E-state index contributed by atoms with van der Waals surface area (Å²) in [4.78, 5) is 11.1. The monoisotopic (exact) mass is 423 g/mol. The number of halogens is 3. The van der Waals surface area contributed by atoms with Crippen molar-refractivity contribution < 1.29 is 22.5 Å². The highest BCUT2D eigenvalue weighted by Crippen LogP contribution is 2.46. The van der Waals surface area contributed by atoms with Gasteiger partial charge in [0.25, 0.3) is 0 Å². The number of benzene rings is 2. The molecule has 4 aromatic rings. The molecule has 0 amide bonds. The Morgan fingerprint density at radius 2 is 1.84 bits per heavy atom. The highest BCUT2D eigenvalue weighted by molar-refractivity contribution is 5.83. The first kappa shape index (κ1) is 19.3. The molecule has 0 N–H and O–H groups in total. The van der Waals surface area contributed by atoms with Gasteiger partial charge in [0.05, 0.1) is 5.69 Å². The molecule has 0 fully saturated rings. The Morgan fingerprint density at radius 1 is 1.06 bits per heavy atom. The minimum absolute atomic E-state index is 0.143. The number of aryl methyl sites for hydroxylation is 2. The van der Waals surface area contributed by atoms with Gasteiger partial charge in [-0.2, -0.15) is 18.3 Å². The second-order valence-corrected chi connectivity index (χ2v) is 7.43. The Labute approximate surface area is 175 Å². The van der Waals surface area contributed by atoms with Crippen molar-refractivity contribution in [3.8, 4) is 34.0 Å². The highest BCUT2D eigenvalue weighted by Gasteiger charge is 2.43. The van der Waals surface area contributed by atoms with Crippen molar-refractivity contribution >= 4 is 6.29 Å². The van der Waals surface area contributed by atoms with Gasteiger partial charge in [0.2, 0.25) is 0 Å². The van der Waals surface area contributed by atoms with Gasteiger partial charge in [-0.05, 0) is 24.5 Å². The average Bonchev–Trinajstić information content (AvgIpc) is 3.35. The van der Waals surface area contributed by atoms with Gasteiger partial charge in [-0.3, -0.25) is 9.48 Å². The number of fused-ring (bicyclic) bond motifs is 3. The van der Waals surface area contributed by atoms with E-state index in [1.807, 2.05) is 6.07 Å². The smallest absolute Gasteiger partial charge is 0.353 e. The fourth-order valence-corrected chi connectivity index (χ4v) is 4.22. The summed E-state index contributed by atoms with van der Waals surface area (Å²) in [6.07, 6.45) is -2.83. The van der Waals surface area contributed by atoms with E-state index < -0.39 is 11.7 Å². The first-order chi connectivity index (χ1) is 14.9. The summed E-state index contributed by atoms with van der Waals surface area (Å²) in [5.41, 5.74) is 3.05. The van der Waals surface area contributed by atoms with Crippen LogP contribution in [0.15, 0.2) is 53.1 Å². The third-order valence-corrected chi connectivity index (χ3v) is 5.55. The van der Waals surface area contributed by atoms with Crippen LogP contribution in [0.1, 0.15) is 27.0 Å². The molecule has 0 saturated carbocycles. The molecular weight excluding hydrogens is 407 g/mol. The van der Waals surface area contributed by atoms with Gasteiger partial charge >= 0.3 is 6.18 Å². The second kappa shape index (κ2) is 6.94. The maximum Gasteiger partial charge on any atom is 0.422 e. The molecule has 0 atom stereocenters. The molecule has 2 aromatic carbocycles. The molecule has 2 aromatic heterocycles. The third kappa shape index (κ3) is 3.06. The van der Waals surface area contributed by atoms with Crippen LogP contribution >= 0.6 is 0 Å². The van der Waals surface area contributed by atoms with Crippen molar-refractivity contribution in [1.82, 2.24) is 14.9 Å². The van der Waals surface area contributed by atoms with Crippen LogP contribution in [0, 0.1) is 0 Å². The van der Waals surface area contributed by atoms with E-state index in [1.165, 1.54) is 0 Å². The van der Waals surface area contributed by atoms with Crippen LogP contribution in [0.2, 0.25) is 0 Å². The third-order valence-electron chi connectivity index (χ3n) is 5.55. The largest absolute Gasteiger partial charge is 0.422 e. The standard InChI is InChI=1S/C23H16F3N3O2/c1-29-21-16-9-7-13(12-30)11-15(16)8-10-17(21)20(27-29)22-18(23(24,25)26)19(28-31-22)14-5-3-2-4-6-14/h2-7,9,11-12H,8,10H2,1H3. The maximum atomic E-state index is 14.1. The van der Waals surface area contributed by atoms with E-state index in [-0.39, 0.29) is 17.1 Å². The van der Waals surface area contributed by atoms with E-state index in [0.717, 1.165) is 23.1 Å². The van der Waals surface area contributed by atoms with Gasteiger partial charge in [0.15, 0.2) is 5.76 Å². The molecule has 8 heteroatoms. The summed E-state index contributed by atoms with van der Waals surface area (Å²) in [6.45, 7) is 0. The zero-order valence-corrected chi connectivity index (χ0v) is 16.4. The lowest BCUT2D eigenvalue weighted by molar-refractivity contribution is -0.136. The normalized spacial score (nSPS) is 13.0. The summed E-state index contributed by atoms with van der Waals surface area (Å²) in [5.74, 6) is -0.379. The molecular formula is C23H16F3N3O2. The fourth-order valence-electron chi connectivity index (χ4n) is 4.22. The van der Waals surface area contributed by atoms with Crippen LogP contribution in [0.4, 0.5) is 13.2 Å². The molecule has 0 bridgehead atoms. The van der Waals surface area contributed by atoms with Crippen molar-refractivity contribution in [1.29, 1.82) is 0 Å². The number of hydrogen-bond donors (Lipinski definition) is 0. The molecule has 0 aliphatic heterocycles. The lowest BCUT2D eigenvalue weighted by Crippen LogP contribution is -2.09. The van der Waals surface area contributed by atoms with Crippen LogP contribution in [0.25, 0.3) is 34.0 Å². The van der Waals surface area contributed by atoms with E-state index in [2.05, 4.69) is 10.3 Å². The molecule has 0 spiro atoms. The van der Waals surface area contributed by atoms with Gasteiger partial charge in [-0.25, -0.2) is 0 Å². The molecule has 31 heavy (non-hydrogen) atoms. The summed E-state index contributed by atoms with van der Waals surface area (Å²) in [6, 6.07) is 13.5. The number of aldehydes is 1. The number of rotatable bonds is 3. The van der Waals surface area contributed by atoms with E-state index >= 15 is 0 Å². The summed E-state index contributed by atoms with van der Waals surface area (Å²) in [5, 5.41) is 8.17. The summed E-state index contributed by atoms with van der Waals surface area (Å²) < 4.78 is 49.2. The Hall–Kier alpha value is -3.68. The Kier molecular flexibility index (Phi) is 4.32. The minimum atomic E-state index is -4.67. The minimum Gasteiger partial charge on any atom is -0.353 e. The molecule has 5 rings (SSSR count). The predicted octanol–water partition coefficient (Wildman–Crippen LogP) is 5.34. The predicted molar refractivity (Wildman–Crippen MR) is 107 cm³/mol. The fraction of sp³-hybridized carbons (Fsp3) is 0.174. The molecule has 0 unspecified atom stereocenters. The van der Waals surface area contributed by atoms with Gasteiger partial charge in [-0.15, -0.1) is 0 Å². The second-order valence-electron chi connectivity index (χ2n) is 7.43. The van der Waals surface area contributed by atoms with Crippen molar-refractivity contribution in [3.05, 3.63) is 70.8 Å². The first-order valence-corrected chi connectivity index (χ1v) is 9.65. The van der Waals surface area contributed by atoms with Crippen molar-refractivity contribution in [3.63, 3.8) is 0 Å². The molecule has 5 nitrogen and oxygen atoms in total. The quantitative estimate of drug-likeness (QED) is 0.418. The van der Waals surface area contributed by atoms with E-state index in [4.69, 9.17) is 4.52 Å². The number of carbonyl (C=O) groups is 1. The number of aromatic nitrogens is 3. The summed E-state index contributed by atoms with van der Waals surface area (Å²) >= 11 is 0. The maximum absolute atomic E-state index is 14.1. The number of hydrogen-bond acceptors (Lipinski definition) is 4. The van der Waals surface area contributed by atoms with Gasteiger partial charge in [0, 0.05) is 29.3 Å². The Morgan fingerprint density at radius 3 is 2.55 bits per heavy atom. The lowest BCUT2D eigenvalue weighted by Gasteiger charge is -2.18. The van der Waals surface area contributed by atoms with Crippen LogP contribution in [-0.2, 0) is 26.1 Å². The number of carbonyl (C=O) groups excluding carboxylic acids is 1. The van der Waals surface area contributed by atoms with Gasteiger partial charge in [-0.1, -0.05) is 47.6 Å². The van der Waals surface area contributed by atoms with Gasteiger partial charge < -0.3 is 4.52 Å². The molecule has 2 heterocycles. The Bertz CT molecular complexity index is 1300. The van der Waals surface area contributed by atoms with E-state index in [9.17, 15) is 18.0 Å². The van der Waals surface area contributed by atoms with Crippen LogP contribution in [0.3, 0.4) is 0 Å². The lowest BCUT2D eigenvalue weighted by atomic mass is 9.87. The average molecular weight is 423 g/mol. The topological polar surface area (TPSA) is 60.9 Å². The van der Waals surface area contributed by atoms with Crippen LogP contribution in [-0.4, -0.2) is 21.2 Å². The number of nitrogens with zero attached hydrogens (tertiary/aromatic N) is 3. The van der Waals surface area contributed by atoms with Crippen LogP contribution < -0.4 is 0 Å². The molecule has 0 saturated heterocycles. The zero-order valence-electron chi connectivity index (χ0n) is 16.4. The molecule has 0 radical (unpaired) electrons. The molecule has 1 aliphatic carbocycles. The highest BCUT2D eigenvalue weighted by atomic mass is 19.4. The van der Waals surface area contributed by atoms with Crippen molar-refractivity contribution in [2.75, 3.05) is 0 Å². The number of alkyl halides is 3. The van der Waals surface area contributed by atoms with Crippen molar-refractivity contribution in [2.45, 2.75) is 19.0 Å². The zero-order chi connectivity index (χ0) is 21.8. The van der Waals surface area contributed by atoms with E-state index in [1.54, 1.807) is 54.2 Å². The van der Waals surface area contributed by atoms with E-state index in [0.29, 0.717) is 29.5 Å². The molecule has 156 valence electrons. The SMILES string of the molecule is Cn1nc(-c2onc(-c3ccccc3)c2C(F)(F)F)c2c1-c1ccc(C=O)cc1CC2. The Balaban J connectivity index is 1.72. The first-order valence-electron chi connectivity index (χ1n) is 9.65. The molecule has 1 aliphatic rings. The van der Waals surface area contributed by atoms with Gasteiger partial charge in [0.1, 0.15) is 23.2 Å². The van der Waals surface area contributed by atoms with Crippen molar-refractivity contribution in [2.24, 2.45) is 7.05 Å². The van der Waals surface area contributed by atoms with Crippen LogP contribution in [0.5, 0.6) is 0 Å². The summed E-state index contributed by atoms with van der Waals surface area (Å²) in [7, 11) is 1.69.